The number of esters is 1. The first kappa shape index (κ1) is 19.7. The fourth-order valence-electron chi connectivity index (χ4n) is 3.61. The van der Waals surface area contributed by atoms with E-state index in [9.17, 15) is 24.6 Å². The van der Waals surface area contributed by atoms with Gasteiger partial charge in [0.2, 0.25) is 0 Å². The van der Waals surface area contributed by atoms with Gasteiger partial charge in [-0.3, -0.25) is 14.4 Å². The number of imide groups is 1. The maximum absolute atomic E-state index is 13.2. The number of rotatable bonds is 4. The molecule has 30 heavy (non-hydrogen) atoms. The van der Waals surface area contributed by atoms with Crippen LogP contribution in [-0.2, 0) is 16.0 Å². The largest absolute Gasteiger partial charge is 0.507 e. The van der Waals surface area contributed by atoms with E-state index in [0.29, 0.717) is 10.9 Å². The second kappa shape index (κ2) is 7.35. The molecule has 0 atom stereocenters. The molecule has 1 aliphatic heterocycles. The van der Waals surface area contributed by atoms with E-state index in [-0.39, 0.29) is 51.7 Å². The summed E-state index contributed by atoms with van der Waals surface area (Å²) in [6.45, 7) is 1.96. The first-order chi connectivity index (χ1) is 14.3. The molecular formula is C22H16ClNO6. The topological polar surface area (TPSA) is 104 Å². The maximum atomic E-state index is 13.2. The summed E-state index contributed by atoms with van der Waals surface area (Å²) in [4.78, 5) is 38.7. The van der Waals surface area contributed by atoms with Gasteiger partial charge in [-0.2, -0.15) is 0 Å². The number of hydrogen-bond acceptors (Lipinski definition) is 6. The van der Waals surface area contributed by atoms with Crippen molar-refractivity contribution in [2.75, 3.05) is 11.5 Å². The summed E-state index contributed by atoms with van der Waals surface area (Å²) in [5.74, 6) is -2.43. The van der Waals surface area contributed by atoms with Crippen LogP contribution < -0.4 is 4.90 Å². The molecule has 0 fully saturated rings. The molecule has 1 aliphatic rings. The average molecular weight is 426 g/mol. The van der Waals surface area contributed by atoms with Crippen LogP contribution in [0.2, 0.25) is 5.02 Å². The Morgan fingerprint density at radius 2 is 1.77 bits per heavy atom. The Bertz CT molecular complexity index is 1240. The Balaban J connectivity index is 1.79. The van der Waals surface area contributed by atoms with Gasteiger partial charge in [0.05, 0.1) is 34.9 Å². The number of phenolic OH excluding ortho intramolecular Hbond substituents is 2. The Hall–Kier alpha value is -3.58. The van der Waals surface area contributed by atoms with Crippen molar-refractivity contribution < 1.29 is 29.3 Å². The van der Waals surface area contributed by atoms with Crippen molar-refractivity contribution >= 4 is 45.8 Å². The molecule has 8 heteroatoms. The number of ether oxygens (including phenoxy) is 1. The van der Waals surface area contributed by atoms with E-state index in [1.807, 2.05) is 0 Å². The average Bonchev–Trinajstić information content (AvgIpc) is 2.94. The normalized spacial score (nSPS) is 13.1. The van der Waals surface area contributed by atoms with Gasteiger partial charge in [0.25, 0.3) is 11.8 Å². The SMILES string of the molecule is CCOC(=O)Cc1ccc(N2C(=O)c3c(O)cc4cccc(O)c4c3C2=O)c(Cl)c1. The molecule has 2 amide bonds. The predicted molar refractivity (Wildman–Crippen MR) is 110 cm³/mol. The number of carbonyl (C=O) groups excluding carboxylic acids is 3. The van der Waals surface area contributed by atoms with Crippen molar-refractivity contribution in [1.82, 2.24) is 0 Å². The molecule has 0 saturated heterocycles. The quantitative estimate of drug-likeness (QED) is 0.486. The van der Waals surface area contributed by atoms with Crippen LogP contribution in [0.15, 0.2) is 42.5 Å². The zero-order chi connectivity index (χ0) is 21.6. The molecule has 2 N–H and O–H groups in total. The molecule has 0 radical (unpaired) electrons. The first-order valence-electron chi connectivity index (χ1n) is 9.14. The number of aromatic hydroxyl groups is 2. The summed E-state index contributed by atoms with van der Waals surface area (Å²) in [5.41, 5.74) is 0.392. The Morgan fingerprint density at radius 1 is 1.03 bits per heavy atom. The molecule has 0 aromatic heterocycles. The maximum Gasteiger partial charge on any atom is 0.310 e. The lowest BCUT2D eigenvalue weighted by Crippen LogP contribution is -2.29. The van der Waals surface area contributed by atoms with E-state index in [2.05, 4.69) is 0 Å². The number of amides is 2. The third kappa shape index (κ3) is 3.04. The first-order valence-corrected chi connectivity index (χ1v) is 9.51. The van der Waals surface area contributed by atoms with Crippen LogP contribution in [0.5, 0.6) is 11.5 Å². The molecule has 0 bridgehead atoms. The number of halogens is 1. The van der Waals surface area contributed by atoms with Gasteiger partial charge in [-0.05, 0) is 42.1 Å². The minimum absolute atomic E-state index is 0.00471. The van der Waals surface area contributed by atoms with Gasteiger partial charge in [0.15, 0.2) is 0 Å². The zero-order valence-corrected chi connectivity index (χ0v) is 16.6. The van der Waals surface area contributed by atoms with Crippen molar-refractivity contribution in [3.8, 4) is 11.5 Å². The van der Waals surface area contributed by atoms with E-state index in [0.717, 1.165) is 4.90 Å². The lowest BCUT2D eigenvalue weighted by atomic mass is 9.98. The highest BCUT2D eigenvalue weighted by Crippen LogP contribution is 2.42. The van der Waals surface area contributed by atoms with Crippen LogP contribution in [0.1, 0.15) is 33.2 Å². The number of nitrogens with zero attached hydrogens (tertiary/aromatic N) is 1. The van der Waals surface area contributed by atoms with Gasteiger partial charge in [-0.25, -0.2) is 4.90 Å². The molecule has 3 aromatic carbocycles. The van der Waals surface area contributed by atoms with Crippen molar-refractivity contribution in [3.05, 3.63) is 64.2 Å². The summed E-state index contributed by atoms with van der Waals surface area (Å²) in [6, 6.07) is 10.4. The molecule has 152 valence electrons. The summed E-state index contributed by atoms with van der Waals surface area (Å²) in [5, 5.41) is 21.3. The van der Waals surface area contributed by atoms with Crippen LogP contribution in [0.4, 0.5) is 5.69 Å². The number of anilines is 1. The van der Waals surface area contributed by atoms with Crippen LogP contribution >= 0.6 is 11.6 Å². The van der Waals surface area contributed by atoms with Gasteiger partial charge in [0, 0.05) is 5.39 Å². The number of fused-ring (bicyclic) bond motifs is 3. The molecule has 4 rings (SSSR count). The highest BCUT2D eigenvalue weighted by atomic mass is 35.5. The van der Waals surface area contributed by atoms with Crippen molar-refractivity contribution in [2.45, 2.75) is 13.3 Å². The number of carbonyl (C=O) groups is 3. The van der Waals surface area contributed by atoms with E-state index in [1.54, 1.807) is 25.1 Å². The summed E-state index contributed by atoms with van der Waals surface area (Å²) in [6.07, 6.45) is -0.00471. The Kier molecular flexibility index (Phi) is 4.83. The highest BCUT2D eigenvalue weighted by molar-refractivity contribution is 6.42. The van der Waals surface area contributed by atoms with Gasteiger partial charge in [-0.15, -0.1) is 0 Å². The monoisotopic (exact) mass is 425 g/mol. The highest BCUT2D eigenvalue weighted by Gasteiger charge is 2.42. The molecule has 1 heterocycles. The molecule has 0 spiro atoms. The van der Waals surface area contributed by atoms with Crippen molar-refractivity contribution in [2.24, 2.45) is 0 Å². The van der Waals surface area contributed by atoms with Gasteiger partial charge >= 0.3 is 5.97 Å². The Morgan fingerprint density at radius 3 is 2.47 bits per heavy atom. The fraction of sp³-hybridized carbons (Fsp3) is 0.136. The third-order valence-corrected chi connectivity index (χ3v) is 5.17. The van der Waals surface area contributed by atoms with Gasteiger partial charge in [-0.1, -0.05) is 29.8 Å². The zero-order valence-electron chi connectivity index (χ0n) is 15.8. The van der Waals surface area contributed by atoms with Crippen LogP contribution in [0.3, 0.4) is 0 Å². The molecule has 0 aliphatic carbocycles. The van der Waals surface area contributed by atoms with Crippen LogP contribution in [0.25, 0.3) is 10.8 Å². The molecular weight excluding hydrogens is 410 g/mol. The summed E-state index contributed by atoms with van der Waals surface area (Å²) in [7, 11) is 0. The second-order valence-corrected chi connectivity index (χ2v) is 7.14. The lowest BCUT2D eigenvalue weighted by molar-refractivity contribution is -0.142. The summed E-state index contributed by atoms with van der Waals surface area (Å²) < 4.78 is 4.91. The van der Waals surface area contributed by atoms with Crippen molar-refractivity contribution in [3.63, 3.8) is 0 Å². The van der Waals surface area contributed by atoms with Gasteiger partial charge in [0.1, 0.15) is 11.5 Å². The second-order valence-electron chi connectivity index (χ2n) is 6.73. The number of hydrogen-bond donors (Lipinski definition) is 2. The minimum Gasteiger partial charge on any atom is -0.507 e. The van der Waals surface area contributed by atoms with E-state index in [1.165, 1.54) is 24.3 Å². The lowest BCUT2D eigenvalue weighted by Gasteiger charge is -2.16. The van der Waals surface area contributed by atoms with Crippen LogP contribution in [0, 0.1) is 0 Å². The van der Waals surface area contributed by atoms with E-state index >= 15 is 0 Å². The molecule has 3 aromatic rings. The molecule has 7 nitrogen and oxygen atoms in total. The molecule has 0 unspecified atom stereocenters. The Labute approximate surface area is 176 Å². The molecule has 0 saturated carbocycles. The fourth-order valence-corrected chi connectivity index (χ4v) is 3.90. The van der Waals surface area contributed by atoms with Crippen LogP contribution in [-0.4, -0.2) is 34.6 Å². The smallest absolute Gasteiger partial charge is 0.310 e. The van der Waals surface area contributed by atoms with Crippen molar-refractivity contribution in [1.29, 1.82) is 0 Å². The standard InChI is InChI=1S/C22H16ClNO6/c1-2-30-17(27)9-11-6-7-14(13(23)8-11)24-21(28)19-16(26)10-12-4-3-5-15(25)18(12)20(19)22(24)29/h3-8,10,25-26H,2,9H2,1H3. The minimum atomic E-state index is -0.752. The van der Waals surface area contributed by atoms with E-state index in [4.69, 9.17) is 16.3 Å². The number of phenols is 2. The van der Waals surface area contributed by atoms with E-state index < -0.39 is 17.8 Å². The summed E-state index contributed by atoms with van der Waals surface area (Å²) >= 11 is 6.32. The number of benzene rings is 3. The predicted octanol–water partition coefficient (Wildman–Crippen LogP) is 3.81. The van der Waals surface area contributed by atoms with Gasteiger partial charge < -0.3 is 14.9 Å². The third-order valence-electron chi connectivity index (χ3n) is 4.86.